The highest BCUT2D eigenvalue weighted by atomic mass is 16.6. The van der Waals surface area contributed by atoms with Gasteiger partial charge in [-0.05, 0) is 78.2 Å². The largest absolute Gasteiger partial charge is 0.444 e. The maximum Gasteiger partial charge on any atom is 0.410 e. The van der Waals surface area contributed by atoms with Crippen LogP contribution in [0.1, 0.15) is 65.7 Å². The minimum absolute atomic E-state index is 0.166. The maximum absolute atomic E-state index is 12.3. The van der Waals surface area contributed by atoms with Gasteiger partial charge in [-0.2, -0.15) is 0 Å². The summed E-state index contributed by atoms with van der Waals surface area (Å²) in [7, 11) is 0. The van der Waals surface area contributed by atoms with E-state index in [9.17, 15) is 9.90 Å². The average Bonchev–Trinajstić information content (AvgIpc) is 2.99. The summed E-state index contributed by atoms with van der Waals surface area (Å²) in [6.45, 7) is 7.52. The number of amides is 1. The minimum atomic E-state index is -0.430. The van der Waals surface area contributed by atoms with Crippen LogP contribution in [0, 0.1) is 5.92 Å². The Kier molecular flexibility index (Phi) is 4.62. The van der Waals surface area contributed by atoms with E-state index in [0.29, 0.717) is 12.0 Å². The van der Waals surface area contributed by atoms with Crippen molar-refractivity contribution in [2.24, 2.45) is 5.92 Å². The van der Waals surface area contributed by atoms with E-state index in [-0.39, 0.29) is 17.7 Å². The zero-order chi connectivity index (χ0) is 16.7. The third kappa shape index (κ3) is 4.00. The molecule has 3 aliphatic rings. The number of hydrogen-bond acceptors (Lipinski definition) is 4. The molecular formula is C18H32N2O3. The van der Waals surface area contributed by atoms with Crippen molar-refractivity contribution in [1.29, 1.82) is 0 Å². The number of carbonyl (C=O) groups is 1. The first-order valence-corrected chi connectivity index (χ1v) is 9.21. The lowest BCUT2D eigenvalue weighted by Gasteiger charge is -2.37. The molecule has 1 saturated heterocycles. The molecule has 1 amide bonds. The first-order valence-electron chi connectivity index (χ1n) is 9.21. The molecule has 0 aromatic rings. The Morgan fingerprint density at radius 1 is 1.35 bits per heavy atom. The van der Waals surface area contributed by atoms with Crippen molar-refractivity contribution in [2.75, 3.05) is 13.1 Å². The van der Waals surface area contributed by atoms with Gasteiger partial charge in [-0.25, -0.2) is 4.79 Å². The van der Waals surface area contributed by atoms with Gasteiger partial charge in [-0.15, -0.1) is 0 Å². The summed E-state index contributed by atoms with van der Waals surface area (Å²) >= 11 is 0. The molecule has 5 heteroatoms. The van der Waals surface area contributed by atoms with Crippen LogP contribution in [0.25, 0.3) is 0 Å². The van der Waals surface area contributed by atoms with Gasteiger partial charge in [0.25, 0.3) is 0 Å². The van der Waals surface area contributed by atoms with Crippen molar-refractivity contribution in [3.05, 3.63) is 0 Å². The summed E-state index contributed by atoms with van der Waals surface area (Å²) < 4.78 is 5.54. The molecular weight excluding hydrogens is 292 g/mol. The number of carbonyl (C=O) groups excluding carboxylic acids is 1. The summed E-state index contributed by atoms with van der Waals surface area (Å²) in [6.07, 6.45) is 7.10. The van der Waals surface area contributed by atoms with Gasteiger partial charge < -0.3 is 20.1 Å². The molecule has 0 aromatic carbocycles. The van der Waals surface area contributed by atoms with Gasteiger partial charge in [-0.1, -0.05) is 0 Å². The van der Waals surface area contributed by atoms with Crippen molar-refractivity contribution in [3.8, 4) is 0 Å². The molecule has 1 aliphatic heterocycles. The molecule has 2 bridgehead atoms. The minimum Gasteiger partial charge on any atom is -0.444 e. The molecule has 3 unspecified atom stereocenters. The number of hydrogen-bond donors (Lipinski definition) is 2. The van der Waals surface area contributed by atoms with Gasteiger partial charge in [0.2, 0.25) is 0 Å². The van der Waals surface area contributed by atoms with Crippen LogP contribution in [0.2, 0.25) is 0 Å². The second-order valence-corrected chi connectivity index (χ2v) is 8.78. The maximum atomic E-state index is 12.3. The zero-order valence-corrected chi connectivity index (χ0v) is 14.8. The van der Waals surface area contributed by atoms with Gasteiger partial charge in [-0.3, -0.25) is 0 Å². The van der Waals surface area contributed by atoms with E-state index < -0.39 is 5.60 Å². The highest BCUT2D eigenvalue weighted by molar-refractivity contribution is 5.69. The predicted octanol–water partition coefficient (Wildman–Crippen LogP) is 2.67. The molecule has 0 radical (unpaired) electrons. The second-order valence-electron chi connectivity index (χ2n) is 8.78. The topological polar surface area (TPSA) is 61.8 Å². The van der Waals surface area contributed by atoms with E-state index in [2.05, 4.69) is 5.32 Å². The molecule has 2 aliphatic carbocycles. The van der Waals surface area contributed by atoms with Crippen LogP contribution >= 0.6 is 0 Å². The quantitative estimate of drug-likeness (QED) is 0.763. The lowest BCUT2D eigenvalue weighted by Crippen LogP contribution is -2.51. The Bertz CT molecular complexity index is 442. The zero-order valence-electron chi connectivity index (χ0n) is 14.8. The van der Waals surface area contributed by atoms with Crippen LogP contribution < -0.4 is 5.32 Å². The summed E-state index contributed by atoms with van der Waals surface area (Å²) in [4.78, 5) is 14.3. The Balaban J connectivity index is 1.43. The number of rotatable bonds is 5. The number of likely N-dealkylation sites (tertiary alicyclic amines) is 1. The predicted molar refractivity (Wildman–Crippen MR) is 89.3 cm³/mol. The van der Waals surface area contributed by atoms with Gasteiger partial charge in [0, 0.05) is 12.6 Å². The van der Waals surface area contributed by atoms with Crippen LogP contribution in [-0.4, -0.2) is 52.5 Å². The summed E-state index contributed by atoms with van der Waals surface area (Å²) in [5.74, 6) is 0.612. The van der Waals surface area contributed by atoms with Gasteiger partial charge in [0.05, 0.1) is 11.6 Å². The molecule has 1 heterocycles. The molecule has 0 aromatic heterocycles. The first kappa shape index (κ1) is 17.0. The van der Waals surface area contributed by atoms with Crippen molar-refractivity contribution in [2.45, 2.75) is 89.0 Å². The fourth-order valence-electron chi connectivity index (χ4n) is 4.31. The molecule has 2 N–H and O–H groups in total. The number of aliphatic hydroxyl groups is 1. The number of nitrogens with zero attached hydrogens (tertiary/aromatic N) is 1. The van der Waals surface area contributed by atoms with Gasteiger partial charge >= 0.3 is 6.09 Å². The number of fused-ring (bicyclic) bond motifs is 2. The Labute approximate surface area is 139 Å². The number of ether oxygens (including phenoxy) is 1. The molecule has 132 valence electrons. The molecule has 5 nitrogen and oxygen atoms in total. The van der Waals surface area contributed by atoms with Crippen LogP contribution in [0.5, 0.6) is 0 Å². The molecule has 3 fully saturated rings. The SMILES string of the molecule is CC(C)(C)OC(=O)N1CC2CC(NCCCC3(O)CCC3)C1C2. The van der Waals surface area contributed by atoms with Crippen molar-refractivity contribution < 1.29 is 14.6 Å². The van der Waals surface area contributed by atoms with E-state index in [1.165, 1.54) is 6.42 Å². The Morgan fingerprint density at radius 3 is 2.65 bits per heavy atom. The van der Waals surface area contributed by atoms with Crippen LogP contribution in [0.15, 0.2) is 0 Å². The van der Waals surface area contributed by atoms with E-state index in [1.54, 1.807) is 0 Å². The standard InChI is InChI=1S/C18H32N2O3/c1-17(2,3)23-16(21)20-12-13-10-14(15(20)11-13)19-9-5-8-18(22)6-4-7-18/h13-15,19,22H,4-12H2,1-3H3. The van der Waals surface area contributed by atoms with E-state index in [4.69, 9.17) is 4.74 Å². The highest BCUT2D eigenvalue weighted by Gasteiger charge is 2.47. The highest BCUT2D eigenvalue weighted by Crippen LogP contribution is 2.39. The molecule has 2 saturated carbocycles. The lowest BCUT2D eigenvalue weighted by molar-refractivity contribution is -0.0416. The summed E-state index contributed by atoms with van der Waals surface area (Å²) in [5.41, 5.74) is -0.807. The molecule has 3 rings (SSSR count). The molecule has 0 spiro atoms. The van der Waals surface area contributed by atoms with Crippen molar-refractivity contribution in [3.63, 3.8) is 0 Å². The Morgan fingerprint density at radius 2 is 2.09 bits per heavy atom. The number of nitrogens with one attached hydrogen (secondary N) is 1. The first-order chi connectivity index (χ1) is 10.8. The van der Waals surface area contributed by atoms with E-state index >= 15 is 0 Å². The molecule has 3 atom stereocenters. The van der Waals surface area contributed by atoms with E-state index in [0.717, 1.165) is 51.6 Å². The molecule has 23 heavy (non-hydrogen) atoms. The normalized spacial score (nSPS) is 32.0. The number of piperidine rings is 1. The third-order valence-electron chi connectivity index (χ3n) is 5.62. The van der Waals surface area contributed by atoms with Crippen LogP contribution in [0.4, 0.5) is 4.79 Å². The van der Waals surface area contributed by atoms with E-state index in [1.807, 2.05) is 25.7 Å². The average molecular weight is 324 g/mol. The monoisotopic (exact) mass is 324 g/mol. The second kappa shape index (κ2) is 6.25. The summed E-state index contributed by atoms with van der Waals surface area (Å²) in [6, 6.07) is 0.666. The smallest absolute Gasteiger partial charge is 0.410 e. The lowest BCUT2D eigenvalue weighted by atomic mass is 9.77. The fourth-order valence-corrected chi connectivity index (χ4v) is 4.31. The van der Waals surface area contributed by atoms with Crippen molar-refractivity contribution >= 4 is 6.09 Å². The van der Waals surface area contributed by atoms with Gasteiger partial charge in [0.1, 0.15) is 5.60 Å². The Hall–Kier alpha value is -0.810. The summed E-state index contributed by atoms with van der Waals surface area (Å²) in [5, 5.41) is 13.8. The van der Waals surface area contributed by atoms with Gasteiger partial charge in [0.15, 0.2) is 0 Å². The third-order valence-corrected chi connectivity index (χ3v) is 5.62. The fraction of sp³-hybridized carbons (Fsp3) is 0.944. The van der Waals surface area contributed by atoms with Crippen molar-refractivity contribution in [1.82, 2.24) is 10.2 Å². The van der Waals surface area contributed by atoms with Crippen LogP contribution in [-0.2, 0) is 4.74 Å². The van der Waals surface area contributed by atoms with Crippen LogP contribution in [0.3, 0.4) is 0 Å².